The van der Waals surface area contributed by atoms with Crippen LogP contribution in [0.2, 0.25) is 0 Å². The van der Waals surface area contributed by atoms with Crippen molar-refractivity contribution < 1.29 is 17.3 Å². The van der Waals surface area contributed by atoms with Crippen LogP contribution in [0.1, 0.15) is 11.6 Å². The van der Waals surface area contributed by atoms with Gasteiger partial charge in [0.15, 0.2) is 9.84 Å². The Labute approximate surface area is 189 Å². The van der Waals surface area contributed by atoms with Gasteiger partial charge in [-0.05, 0) is 36.4 Å². The van der Waals surface area contributed by atoms with E-state index in [0.717, 1.165) is 11.3 Å². The van der Waals surface area contributed by atoms with E-state index in [1.165, 1.54) is 36.5 Å². The van der Waals surface area contributed by atoms with Crippen LogP contribution in [-0.4, -0.2) is 29.8 Å². The first-order chi connectivity index (χ1) is 15.8. The third-order valence-electron chi connectivity index (χ3n) is 4.69. The average Bonchev–Trinajstić information content (AvgIpc) is 3.30. The van der Waals surface area contributed by atoms with Crippen LogP contribution < -0.4 is 16.6 Å². The van der Waals surface area contributed by atoms with Crippen molar-refractivity contribution in [1.82, 2.24) is 15.1 Å². The van der Waals surface area contributed by atoms with E-state index in [-0.39, 0.29) is 33.7 Å². The fraction of sp³-hybridized carbons (Fsp3) is 0.0455. The van der Waals surface area contributed by atoms with Crippen molar-refractivity contribution >= 4 is 26.9 Å². The number of nitrogens with two attached hydrogens (primary N) is 2. The van der Waals surface area contributed by atoms with Crippen LogP contribution in [0.25, 0.3) is 22.8 Å². The maximum atomic E-state index is 14.4. The molecule has 11 heteroatoms. The summed E-state index contributed by atoms with van der Waals surface area (Å²) in [7, 11) is -3.43. The first kappa shape index (κ1) is 22.1. The van der Waals surface area contributed by atoms with E-state index >= 15 is 0 Å². The van der Waals surface area contributed by atoms with Gasteiger partial charge in [-0.25, -0.2) is 18.7 Å². The van der Waals surface area contributed by atoms with Gasteiger partial charge in [-0.1, -0.05) is 35.5 Å². The molecule has 0 aliphatic heterocycles. The van der Waals surface area contributed by atoms with Crippen LogP contribution in [0.5, 0.6) is 0 Å². The maximum absolute atomic E-state index is 14.4. The SMILES string of the molecule is CS(=O)(=O)c1cccc(-c2noc(/C(N)=C(\c3ccccn3)N(N)c3ccccc3F)n2)c1. The number of para-hydroxylation sites is 1. The van der Waals surface area contributed by atoms with E-state index in [0.29, 0.717) is 11.3 Å². The van der Waals surface area contributed by atoms with Crippen LogP contribution in [0.3, 0.4) is 0 Å². The standard InChI is InChI=1S/C22H19FN6O3S/c1-33(30,31)15-8-6-7-14(13-15)21-27-22(32-28-21)19(24)20(17-10-4-5-12-26-17)29(25)18-11-3-2-9-16(18)23/h2-13H,24-25H2,1H3/b20-19-. The number of sulfone groups is 1. The molecule has 0 aliphatic rings. The molecule has 2 heterocycles. The van der Waals surface area contributed by atoms with Gasteiger partial charge in [0.1, 0.15) is 17.2 Å². The topological polar surface area (TPSA) is 141 Å². The normalized spacial score (nSPS) is 12.3. The highest BCUT2D eigenvalue weighted by Gasteiger charge is 2.23. The average molecular weight is 466 g/mol. The van der Waals surface area contributed by atoms with Gasteiger partial charge in [-0.2, -0.15) is 4.98 Å². The third kappa shape index (κ3) is 4.59. The van der Waals surface area contributed by atoms with Crippen LogP contribution in [0, 0.1) is 5.82 Å². The molecule has 2 aromatic heterocycles. The van der Waals surface area contributed by atoms with Gasteiger partial charge in [0.25, 0.3) is 5.89 Å². The quantitative estimate of drug-likeness (QED) is 0.324. The summed E-state index contributed by atoms with van der Waals surface area (Å²) in [5.74, 6) is 5.71. The Morgan fingerprint density at radius 1 is 1.06 bits per heavy atom. The van der Waals surface area contributed by atoms with Crippen LogP contribution in [0.15, 0.2) is 82.3 Å². The summed E-state index contributed by atoms with van der Waals surface area (Å²) in [5.41, 5.74) is 7.27. The summed E-state index contributed by atoms with van der Waals surface area (Å²) >= 11 is 0. The Bertz CT molecular complexity index is 1440. The van der Waals surface area contributed by atoms with Gasteiger partial charge in [0.05, 0.1) is 16.3 Å². The van der Waals surface area contributed by atoms with Crippen LogP contribution >= 0.6 is 0 Å². The Morgan fingerprint density at radius 3 is 2.52 bits per heavy atom. The zero-order valence-electron chi connectivity index (χ0n) is 17.4. The van der Waals surface area contributed by atoms with Gasteiger partial charge in [0.2, 0.25) is 5.82 Å². The minimum absolute atomic E-state index is 0.0440. The number of anilines is 1. The zero-order chi connectivity index (χ0) is 23.6. The first-order valence-corrected chi connectivity index (χ1v) is 11.5. The summed E-state index contributed by atoms with van der Waals surface area (Å²) in [4.78, 5) is 8.66. The zero-order valence-corrected chi connectivity index (χ0v) is 18.2. The first-order valence-electron chi connectivity index (χ1n) is 9.61. The lowest BCUT2D eigenvalue weighted by Gasteiger charge is -2.23. The molecule has 168 valence electrons. The number of hydrogen-bond acceptors (Lipinski definition) is 9. The molecule has 4 aromatic rings. The summed E-state index contributed by atoms with van der Waals surface area (Å²) in [6.45, 7) is 0. The van der Waals surface area contributed by atoms with Gasteiger partial charge >= 0.3 is 0 Å². The maximum Gasteiger partial charge on any atom is 0.276 e. The highest BCUT2D eigenvalue weighted by atomic mass is 32.2. The van der Waals surface area contributed by atoms with Crippen LogP contribution in [0.4, 0.5) is 10.1 Å². The second kappa shape index (κ2) is 8.81. The van der Waals surface area contributed by atoms with Crippen molar-refractivity contribution in [3.63, 3.8) is 0 Å². The van der Waals surface area contributed by atoms with E-state index in [9.17, 15) is 12.8 Å². The predicted octanol–water partition coefficient (Wildman–Crippen LogP) is 2.84. The lowest BCUT2D eigenvalue weighted by molar-refractivity contribution is 0.408. The highest BCUT2D eigenvalue weighted by Crippen LogP contribution is 2.29. The molecular weight excluding hydrogens is 447 g/mol. The molecule has 0 bridgehead atoms. The molecule has 0 radical (unpaired) electrons. The molecular formula is C22H19FN6O3S. The van der Waals surface area contributed by atoms with Crippen molar-refractivity contribution in [1.29, 1.82) is 0 Å². The molecule has 4 rings (SSSR count). The largest absolute Gasteiger partial charge is 0.392 e. The number of benzene rings is 2. The molecule has 4 N–H and O–H groups in total. The molecule has 0 aliphatic carbocycles. The molecule has 0 atom stereocenters. The van der Waals surface area contributed by atoms with Gasteiger partial charge in [-0.3, -0.25) is 9.99 Å². The van der Waals surface area contributed by atoms with E-state index in [2.05, 4.69) is 15.1 Å². The molecule has 2 aromatic carbocycles. The number of halogens is 1. The number of hydrazine groups is 1. The monoisotopic (exact) mass is 466 g/mol. The van der Waals surface area contributed by atoms with Gasteiger partial charge in [-0.15, -0.1) is 0 Å². The van der Waals surface area contributed by atoms with Crippen molar-refractivity contribution in [2.24, 2.45) is 11.6 Å². The van der Waals surface area contributed by atoms with E-state index in [1.54, 1.807) is 36.4 Å². The van der Waals surface area contributed by atoms with Crippen LogP contribution in [-0.2, 0) is 9.84 Å². The molecule has 0 fully saturated rings. The van der Waals surface area contributed by atoms with Crippen molar-refractivity contribution in [2.45, 2.75) is 4.90 Å². The smallest absolute Gasteiger partial charge is 0.276 e. The molecule has 0 spiro atoms. The second-order valence-corrected chi connectivity index (χ2v) is 9.04. The number of pyridine rings is 1. The Kier molecular flexibility index (Phi) is 5.90. The number of aromatic nitrogens is 3. The van der Waals surface area contributed by atoms with E-state index < -0.39 is 15.7 Å². The molecule has 0 saturated carbocycles. The highest BCUT2D eigenvalue weighted by molar-refractivity contribution is 7.90. The van der Waals surface area contributed by atoms with Crippen molar-refractivity contribution in [3.05, 3.63) is 90.3 Å². The molecule has 33 heavy (non-hydrogen) atoms. The summed E-state index contributed by atoms with van der Waals surface area (Å²) in [5, 5.41) is 4.96. The summed E-state index contributed by atoms with van der Waals surface area (Å²) < 4.78 is 43.5. The summed E-state index contributed by atoms with van der Waals surface area (Å²) in [6.07, 6.45) is 2.64. The van der Waals surface area contributed by atoms with Gasteiger partial charge in [0, 0.05) is 18.0 Å². The lowest BCUT2D eigenvalue weighted by atomic mass is 10.2. The number of nitrogens with zero attached hydrogens (tertiary/aromatic N) is 4. The molecule has 0 saturated heterocycles. The number of hydrogen-bond donors (Lipinski definition) is 2. The summed E-state index contributed by atoms with van der Waals surface area (Å²) in [6, 6.07) is 17.1. The number of rotatable bonds is 6. The Hall–Kier alpha value is -4.09. The van der Waals surface area contributed by atoms with E-state index in [4.69, 9.17) is 16.1 Å². The third-order valence-corrected chi connectivity index (χ3v) is 5.80. The molecule has 0 unspecified atom stereocenters. The van der Waals surface area contributed by atoms with E-state index in [1.807, 2.05) is 0 Å². The lowest BCUT2D eigenvalue weighted by Crippen LogP contribution is -2.32. The minimum atomic E-state index is -3.43. The Morgan fingerprint density at radius 2 is 1.82 bits per heavy atom. The molecule has 9 nitrogen and oxygen atoms in total. The fourth-order valence-electron chi connectivity index (χ4n) is 3.08. The fourth-order valence-corrected chi connectivity index (χ4v) is 3.75. The van der Waals surface area contributed by atoms with Crippen molar-refractivity contribution in [3.8, 4) is 11.4 Å². The predicted molar refractivity (Wildman–Crippen MR) is 121 cm³/mol. The minimum Gasteiger partial charge on any atom is -0.392 e. The van der Waals surface area contributed by atoms with Gasteiger partial charge < -0.3 is 10.3 Å². The molecule has 0 amide bonds. The van der Waals surface area contributed by atoms with Crippen molar-refractivity contribution in [2.75, 3.05) is 11.3 Å². The second-order valence-electron chi connectivity index (χ2n) is 7.02. The Balaban J connectivity index is 1.82.